The lowest BCUT2D eigenvalue weighted by Gasteiger charge is -2.26. The molecule has 6 nitrogen and oxygen atoms in total. The predicted molar refractivity (Wildman–Crippen MR) is 103 cm³/mol. The second-order valence-electron chi connectivity index (χ2n) is 7.00. The van der Waals surface area contributed by atoms with Crippen LogP contribution in [0.1, 0.15) is 29.6 Å². The van der Waals surface area contributed by atoms with Crippen molar-refractivity contribution in [1.29, 1.82) is 0 Å². The monoisotopic (exact) mass is 416 g/mol. The molecule has 0 unspecified atom stereocenters. The Morgan fingerprint density at radius 1 is 0.967 bits per heavy atom. The van der Waals surface area contributed by atoms with E-state index in [1.54, 1.807) is 30.7 Å². The van der Waals surface area contributed by atoms with Gasteiger partial charge in [0.25, 0.3) is 5.91 Å². The number of hydrogen-bond donors (Lipinski definition) is 0. The standard InChI is InChI=1S/C21H19F3N4O2/c22-21(23,24)30-18-7-5-17(6-8-18)28-14-16(13-26-28)19-9-4-15(12-25-19)20(29)27-10-2-1-3-11-27/h4-9,12-14H,1-3,10-11H2. The number of nitrogens with zero attached hydrogens (tertiary/aromatic N) is 4. The SMILES string of the molecule is O=C(c1ccc(-c2cnn(-c3ccc(OC(F)(F)F)cc3)c2)nc1)N1CCCCC1. The Morgan fingerprint density at radius 2 is 1.70 bits per heavy atom. The first-order valence-corrected chi connectivity index (χ1v) is 9.56. The molecule has 0 N–H and O–H groups in total. The zero-order chi connectivity index (χ0) is 21.1. The van der Waals surface area contributed by atoms with Crippen molar-refractivity contribution in [2.24, 2.45) is 0 Å². The fourth-order valence-electron chi connectivity index (χ4n) is 3.37. The summed E-state index contributed by atoms with van der Waals surface area (Å²) in [6, 6.07) is 8.92. The average Bonchev–Trinajstić information content (AvgIpc) is 3.24. The zero-order valence-electron chi connectivity index (χ0n) is 16.0. The number of rotatable bonds is 4. The minimum absolute atomic E-state index is 0.00869. The highest BCUT2D eigenvalue weighted by molar-refractivity contribution is 5.94. The normalized spacial score (nSPS) is 14.6. The molecule has 1 amide bonds. The van der Waals surface area contributed by atoms with Gasteiger partial charge in [0.05, 0.1) is 23.1 Å². The van der Waals surface area contributed by atoms with Crippen LogP contribution in [0.15, 0.2) is 55.0 Å². The molecule has 1 saturated heterocycles. The second kappa shape index (κ2) is 8.17. The van der Waals surface area contributed by atoms with Gasteiger partial charge in [0.1, 0.15) is 5.75 Å². The van der Waals surface area contributed by atoms with Crippen LogP contribution in [0.4, 0.5) is 13.2 Å². The molecule has 0 aliphatic carbocycles. The van der Waals surface area contributed by atoms with E-state index in [-0.39, 0.29) is 11.7 Å². The molecule has 156 valence electrons. The molecule has 0 atom stereocenters. The van der Waals surface area contributed by atoms with Crippen molar-refractivity contribution in [1.82, 2.24) is 19.7 Å². The Morgan fingerprint density at radius 3 is 2.33 bits per heavy atom. The van der Waals surface area contributed by atoms with Crippen LogP contribution in [0.3, 0.4) is 0 Å². The number of hydrogen-bond acceptors (Lipinski definition) is 4. The summed E-state index contributed by atoms with van der Waals surface area (Å²) in [5, 5.41) is 4.24. The van der Waals surface area contributed by atoms with Crippen LogP contribution < -0.4 is 4.74 Å². The van der Waals surface area contributed by atoms with Crippen LogP contribution in [-0.4, -0.2) is 45.0 Å². The number of carbonyl (C=O) groups excluding carboxylic acids is 1. The van der Waals surface area contributed by atoms with Crippen LogP contribution in [0.5, 0.6) is 5.75 Å². The van der Waals surface area contributed by atoms with Crippen LogP contribution in [0.2, 0.25) is 0 Å². The third-order valence-corrected chi connectivity index (χ3v) is 4.87. The van der Waals surface area contributed by atoms with E-state index < -0.39 is 6.36 Å². The van der Waals surface area contributed by atoms with Crippen molar-refractivity contribution < 1.29 is 22.7 Å². The number of halogens is 3. The third kappa shape index (κ3) is 4.61. The Balaban J connectivity index is 1.46. The van der Waals surface area contributed by atoms with E-state index in [0.29, 0.717) is 16.9 Å². The van der Waals surface area contributed by atoms with Crippen molar-refractivity contribution in [3.63, 3.8) is 0 Å². The van der Waals surface area contributed by atoms with Gasteiger partial charge in [-0.15, -0.1) is 13.2 Å². The summed E-state index contributed by atoms with van der Waals surface area (Å²) in [6.07, 6.45) is 3.37. The highest BCUT2D eigenvalue weighted by Crippen LogP contribution is 2.24. The van der Waals surface area contributed by atoms with E-state index in [9.17, 15) is 18.0 Å². The average molecular weight is 416 g/mol. The number of likely N-dealkylation sites (tertiary alicyclic amines) is 1. The van der Waals surface area contributed by atoms with E-state index >= 15 is 0 Å². The molecule has 1 aliphatic rings. The molecule has 0 saturated carbocycles. The molecule has 1 aliphatic heterocycles. The summed E-state index contributed by atoms with van der Waals surface area (Å²) in [4.78, 5) is 18.8. The van der Waals surface area contributed by atoms with Gasteiger partial charge in [-0.3, -0.25) is 9.78 Å². The highest BCUT2D eigenvalue weighted by atomic mass is 19.4. The Hall–Kier alpha value is -3.36. The lowest BCUT2D eigenvalue weighted by molar-refractivity contribution is -0.274. The zero-order valence-corrected chi connectivity index (χ0v) is 16.0. The Labute approximate surface area is 170 Å². The van der Waals surface area contributed by atoms with Gasteiger partial charge in [0, 0.05) is 31.0 Å². The van der Waals surface area contributed by atoms with Gasteiger partial charge in [-0.25, -0.2) is 4.68 Å². The molecule has 0 radical (unpaired) electrons. The van der Waals surface area contributed by atoms with Gasteiger partial charge in [0.2, 0.25) is 0 Å². The van der Waals surface area contributed by atoms with Crippen molar-refractivity contribution in [2.45, 2.75) is 25.6 Å². The molecule has 1 fully saturated rings. The number of carbonyl (C=O) groups is 1. The first-order valence-electron chi connectivity index (χ1n) is 9.56. The Kier molecular flexibility index (Phi) is 5.43. The summed E-state index contributed by atoms with van der Waals surface area (Å²) >= 11 is 0. The third-order valence-electron chi connectivity index (χ3n) is 4.87. The summed E-state index contributed by atoms with van der Waals surface area (Å²) in [7, 11) is 0. The van der Waals surface area contributed by atoms with E-state index in [1.807, 2.05) is 4.90 Å². The van der Waals surface area contributed by atoms with Gasteiger partial charge in [-0.2, -0.15) is 5.10 Å². The van der Waals surface area contributed by atoms with Crippen molar-refractivity contribution in [3.05, 3.63) is 60.6 Å². The Bertz CT molecular complexity index is 1010. The van der Waals surface area contributed by atoms with Gasteiger partial charge >= 0.3 is 6.36 Å². The molecule has 3 aromatic rings. The second-order valence-corrected chi connectivity index (χ2v) is 7.00. The van der Waals surface area contributed by atoms with Crippen LogP contribution in [0, 0.1) is 0 Å². The number of amides is 1. The van der Waals surface area contributed by atoms with E-state index in [1.165, 1.54) is 28.9 Å². The first kappa shape index (κ1) is 19.9. The number of benzene rings is 1. The molecule has 2 aromatic heterocycles. The van der Waals surface area contributed by atoms with Crippen molar-refractivity contribution in [2.75, 3.05) is 13.1 Å². The maximum Gasteiger partial charge on any atom is 0.573 e. The fourth-order valence-corrected chi connectivity index (χ4v) is 3.37. The number of pyridine rings is 1. The highest BCUT2D eigenvalue weighted by Gasteiger charge is 2.31. The molecule has 3 heterocycles. The number of ether oxygens (including phenoxy) is 1. The minimum Gasteiger partial charge on any atom is -0.406 e. The maximum atomic E-state index is 12.5. The van der Waals surface area contributed by atoms with E-state index in [2.05, 4.69) is 14.8 Å². The maximum absolute atomic E-state index is 12.5. The largest absolute Gasteiger partial charge is 0.573 e. The first-order chi connectivity index (χ1) is 14.4. The molecule has 0 bridgehead atoms. The lowest BCUT2D eigenvalue weighted by atomic mass is 10.1. The van der Waals surface area contributed by atoms with Crippen LogP contribution in [-0.2, 0) is 0 Å². The van der Waals surface area contributed by atoms with Crippen LogP contribution in [0.25, 0.3) is 16.9 Å². The number of aromatic nitrogens is 3. The molecular formula is C21H19F3N4O2. The topological polar surface area (TPSA) is 60.3 Å². The smallest absolute Gasteiger partial charge is 0.406 e. The minimum atomic E-state index is -4.73. The summed E-state index contributed by atoms with van der Waals surface area (Å²) < 4.78 is 42.2. The predicted octanol–water partition coefficient (Wildman–Crippen LogP) is 4.46. The number of alkyl halides is 3. The fraction of sp³-hybridized carbons (Fsp3) is 0.286. The van der Waals surface area contributed by atoms with Gasteiger partial charge in [0.15, 0.2) is 0 Å². The van der Waals surface area contributed by atoms with Crippen molar-refractivity contribution in [3.8, 4) is 22.7 Å². The molecule has 4 rings (SSSR count). The molecule has 9 heteroatoms. The summed E-state index contributed by atoms with van der Waals surface area (Å²) in [5.41, 5.74) is 2.50. The molecule has 0 spiro atoms. The quantitative estimate of drug-likeness (QED) is 0.630. The van der Waals surface area contributed by atoms with E-state index in [4.69, 9.17) is 0 Å². The van der Waals surface area contributed by atoms with Crippen LogP contribution >= 0.6 is 0 Å². The molecule has 30 heavy (non-hydrogen) atoms. The molecule has 1 aromatic carbocycles. The summed E-state index contributed by atoms with van der Waals surface area (Å²) in [5.74, 6) is -0.306. The summed E-state index contributed by atoms with van der Waals surface area (Å²) in [6.45, 7) is 1.56. The van der Waals surface area contributed by atoms with Crippen molar-refractivity contribution >= 4 is 5.91 Å². The van der Waals surface area contributed by atoms with Gasteiger partial charge < -0.3 is 9.64 Å². The number of piperidine rings is 1. The van der Waals surface area contributed by atoms with Gasteiger partial charge in [-0.05, 0) is 55.7 Å². The van der Waals surface area contributed by atoms with Gasteiger partial charge in [-0.1, -0.05) is 0 Å². The molecular weight excluding hydrogens is 397 g/mol. The lowest BCUT2D eigenvalue weighted by Crippen LogP contribution is -2.35. The van der Waals surface area contributed by atoms with E-state index in [0.717, 1.165) is 37.9 Å².